The number of aromatic nitrogens is 2. The predicted molar refractivity (Wildman–Crippen MR) is 174 cm³/mol. The molecular formula is C37H33F4N5O. The number of anilines is 1. The van der Waals surface area contributed by atoms with Crippen molar-refractivity contribution in [1.82, 2.24) is 20.2 Å². The number of benzene rings is 3. The predicted octanol–water partition coefficient (Wildman–Crippen LogP) is 6.53. The Bertz CT molecular complexity index is 2060. The number of hydrogen-bond acceptors (Lipinski definition) is 6. The van der Waals surface area contributed by atoms with Crippen LogP contribution < -0.4 is 15.0 Å². The second-order valence-electron chi connectivity index (χ2n) is 13.8. The van der Waals surface area contributed by atoms with Crippen LogP contribution in [-0.2, 0) is 0 Å². The number of terminal acetylenes is 1. The lowest BCUT2D eigenvalue weighted by atomic mass is 9.88. The Morgan fingerprint density at radius 1 is 1.06 bits per heavy atom. The lowest BCUT2D eigenvalue weighted by molar-refractivity contribution is 0.107. The van der Waals surface area contributed by atoms with Gasteiger partial charge in [-0.25, -0.2) is 17.6 Å². The zero-order valence-electron chi connectivity index (χ0n) is 25.8. The van der Waals surface area contributed by atoms with Gasteiger partial charge in [0.2, 0.25) is 0 Å². The summed E-state index contributed by atoms with van der Waals surface area (Å²) < 4.78 is 70.2. The lowest BCUT2D eigenvalue weighted by Crippen LogP contribution is -2.58. The summed E-state index contributed by atoms with van der Waals surface area (Å²) in [6, 6.07) is 7.97. The zero-order valence-corrected chi connectivity index (χ0v) is 25.8. The summed E-state index contributed by atoms with van der Waals surface area (Å²) in [6.07, 6.45) is 9.28. The Hall–Kier alpha value is -4.20. The number of alkyl halides is 1. The number of nitrogens with zero attached hydrogens (tertiary/aromatic N) is 4. The highest BCUT2D eigenvalue weighted by molar-refractivity contribution is 6.07. The Labute approximate surface area is 269 Å². The molecule has 5 aliphatic rings. The molecule has 240 valence electrons. The first-order valence-electron chi connectivity index (χ1n) is 16.4. The molecule has 5 atom stereocenters. The Balaban J connectivity index is 1.29. The van der Waals surface area contributed by atoms with Crippen molar-refractivity contribution < 1.29 is 22.3 Å². The van der Waals surface area contributed by atoms with E-state index in [0.717, 1.165) is 32.2 Å². The van der Waals surface area contributed by atoms with Crippen LogP contribution in [-0.4, -0.2) is 70.9 Å². The Kier molecular flexibility index (Phi) is 6.41. The van der Waals surface area contributed by atoms with Crippen molar-refractivity contribution in [1.29, 1.82) is 0 Å². The van der Waals surface area contributed by atoms with Gasteiger partial charge in [0.25, 0.3) is 0 Å². The maximum atomic E-state index is 17.2. The fraction of sp³-hybridized carbons (Fsp3) is 0.405. The molecule has 9 rings (SSSR count). The molecule has 6 nitrogen and oxygen atoms in total. The fourth-order valence-electron chi connectivity index (χ4n) is 9.20. The van der Waals surface area contributed by atoms with Crippen LogP contribution in [0.5, 0.6) is 6.01 Å². The van der Waals surface area contributed by atoms with E-state index in [2.05, 4.69) is 32.6 Å². The topological polar surface area (TPSA) is 53.5 Å². The molecule has 3 aromatic carbocycles. The van der Waals surface area contributed by atoms with E-state index in [1.165, 1.54) is 6.07 Å². The SMILES string of the molecule is C#Cc1c(F)ccc2cccc(-c3c(F)c4c5c(nc(OC[C@@]67CCCN6C[C@H](F)C7)nc5c3F)N3C[C@H]5CC[C@H](N5)[C@H]3CC4=C)c12. The summed E-state index contributed by atoms with van der Waals surface area (Å²) in [5, 5.41) is 4.72. The fourth-order valence-corrected chi connectivity index (χ4v) is 9.20. The van der Waals surface area contributed by atoms with Crippen LogP contribution in [0.1, 0.15) is 49.7 Å². The molecule has 1 aromatic heterocycles. The number of rotatable bonds is 4. The molecule has 0 spiro atoms. The molecule has 0 radical (unpaired) electrons. The molecule has 0 saturated carbocycles. The van der Waals surface area contributed by atoms with Crippen molar-refractivity contribution in [3.8, 4) is 29.5 Å². The summed E-state index contributed by atoms with van der Waals surface area (Å²) in [5.41, 5.74) is -0.208. The van der Waals surface area contributed by atoms with Gasteiger partial charge in [0.1, 0.15) is 35.7 Å². The summed E-state index contributed by atoms with van der Waals surface area (Å²) in [4.78, 5) is 13.8. The second kappa shape index (κ2) is 10.4. The van der Waals surface area contributed by atoms with Gasteiger partial charge >= 0.3 is 6.01 Å². The van der Waals surface area contributed by atoms with Crippen LogP contribution in [0, 0.1) is 29.8 Å². The van der Waals surface area contributed by atoms with Gasteiger partial charge in [-0.3, -0.25) is 4.90 Å². The highest BCUT2D eigenvalue weighted by Gasteiger charge is 2.50. The Morgan fingerprint density at radius 3 is 2.79 bits per heavy atom. The van der Waals surface area contributed by atoms with Gasteiger partial charge in [-0.15, -0.1) is 6.42 Å². The van der Waals surface area contributed by atoms with Crippen molar-refractivity contribution in [2.75, 3.05) is 31.1 Å². The van der Waals surface area contributed by atoms with Gasteiger partial charge < -0.3 is 15.0 Å². The number of nitrogens with one attached hydrogen (secondary N) is 1. The maximum Gasteiger partial charge on any atom is 0.319 e. The van der Waals surface area contributed by atoms with E-state index in [9.17, 15) is 8.78 Å². The monoisotopic (exact) mass is 639 g/mol. The third kappa shape index (κ3) is 4.18. The number of halogens is 4. The standard InChI is InChI=1S/C37H33F4N5O/c1-3-23-25(39)10-8-20-6-4-7-24(29(20)23)30-32(40)28-19(2)14-27-26-11-9-22(42-26)17-46(27)35-31(28)34(33(30)41)43-36(44-35)47-18-37-12-5-13-45(37)16-21(38)15-37/h1,4,6-8,10,21-22,26-27,42H,2,5,9,11-18H2/t21-,22-,26+,27-,37+/m1/s1. The van der Waals surface area contributed by atoms with Gasteiger partial charge in [-0.1, -0.05) is 36.8 Å². The molecular weight excluding hydrogens is 606 g/mol. The first kappa shape index (κ1) is 29.0. The summed E-state index contributed by atoms with van der Waals surface area (Å²) in [7, 11) is 0. The molecule has 2 bridgehead atoms. The molecule has 4 aromatic rings. The van der Waals surface area contributed by atoms with Crippen LogP contribution >= 0.6 is 0 Å². The van der Waals surface area contributed by atoms with Crippen molar-refractivity contribution in [3.63, 3.8) is 0 Å². The highest BCUT2D eigenvalue weighted by atomic mass is 19.1. The normalized spacial score (nSPS) is 28.1. The number of ether oxygens (including phenoxy) is 1. The Morgan fingerprint density at radius 2 is 1.94 bits per heavy atom. The molecule has 0 aliphatic carbocycles. The molecule has 1 N–H and O–H groups in total. The van der Waals surface area contributed by atoms with E-state index < -0.39 is 29.2 Å². The third-order valence-electron chi connectivity index (χ3n) is 11.3. The van der Waals surface area contributed by atoms with E-state index in [-0.39, 0.29) is 69.3 Å². The number of piperazine rings is 1. The first-order valence-corrected chi connectivity index (χ1v) is 16.4. The van der Waals surface area contributed by atoms with Gasteiger partial charge in [0, 0.05) is 48.6 Å². The van der Waals surface area contributed by atoms with E-state index >= 15 is 8.78 Å². The van der Waals surface area contributed by atoms with Crippen LogP contribution in [0.4, 0.5) is 23.4 Å². The molecule has 4 fully saturated rings. The van der Waals surface area contributed by atoms with E-state index in [1.807, 2.05) is 0 Å². The van der Waals surface area contributed by atoms with Crippen molar-refractivity contribution in [3.05, 3.63) is 65.5 Å². The van der Waals surface area contributed by atoms with Gasteiger partial charge in [-0.05, 0) is 61.2 Å². The first-order chi connectivity index (χ1) is 22.8. The molecule has 0 unspecified atom stereocenters. The molecule has 5 aliphatic heterocycles. The summed E-state index contributed by atoms with van der Waals surface area (Å²) in [5.74, 6) is 0.424. The van der Waals surface area contributed by atoms with E-state index in [1.54, 1.807) is 24.3 Å². The van der Waals surface area contributed by atoms with E-state index in [0.29, 0.717) is 42.7 Å². The highest BCUT2D eigenvalue weighted by Crippen LogP contribution is 2.48. The van der Waals surface area contributed by atoms with Gasteiger partial charge in [-0.2, -0.15) is 9.97 Å². The van der Waals surface area contributed by atoms with Crippen LogP contribution in [0.3, 0.4) is 0 Å². The molecule has 0 amide bonds. The minimum absolute atomic E-state index is 0.0381. The smallest absolute Gasteiger partial charge is 0.319 e. The minimum atomic E-state index is -0.937. The van der Waals surface area contributed by atoms with Gasteiger partial charge in [0.05, 0.1) is 22.1 Å². The zero-order chi connectivity index (χ0) is 32.2. The van der Waals surface area contributed by atoms with Crippen LogP contribution in [0.25, 0.3) is 38.4 Å². The van der Waals surface area contributed by atoms with Crippen molar-refractivity contribution in [2.24, 2.45) is 0 Å². The van der Waals surface area contributed by atoms with Crippen LogP contribution in [0.2, 0.25) is 0 Å². The largest absolute Gasteiger partial charge is 0.461 e. The number of hydrogen-bond donors (Lipinski definition) is 1. The molecule has 6 heterocycles. The summed E-state index contributed by atoms with van der Waals surface area (Å²) in [6.45, 7) is 6.26. The molecule has 4 saturated heterocycles. The van der Waals surface area contributed by atoms with Crippen molar-refractivity contribution >= 4 is 33.1 Å². The average molecular weight is 640 g/mol. The second-order valence-corrected chi connectivity index (χ2v) is 13.8. The lowest BCUT2D eigenvalue weighted by Gasteiger charge is -2.41. The number of fused-ring (bicyclic) bond motifs is 7. The van der Waals surface area contributed by atoms with E-state index in [4.69, 9.17) is 16.1 Å². The third-order valence-corrected chi connectivity index (χ3v) is 11.3. The molecule has 47 heavy (non-hydrogen) atoms. The minimum Gasteiger partial charge on any atom is -0.461 e. The summed E-state index contributed by atoms with van der Waals surface area (Å²) >= 11 is 0. The van der Waals surface area contributed by atoms with Crippen molar-refractivity contribution in [2.45, 2.75) is 68.4 Å². The quantitative estimate of drug-likeness (QED) is 0.203. The maximum absolute atomic E-state index is 17.2. The van der Waals surface area contributed by atoms with Crippen LogP contribution in [0.15, 0.2) is 36.9 Å². The molecule has 10 heteroatoms. The average Bonchev–Trinajstić information content (AvgIpc) is 3.70. The van der Waals surface area contributed by atoms with Gasteiger partial charge in [0.15, 0.2) is 5.82 Å².